The summed E-state index contributed by atoms with van der Waals surface area (Å²) in [7, 11) is 3.09. The monoisotopic (exact) mass is 378 g/mol. The van der Waals surface area contributed by atoms with Crippen molar-refractivity contribution < 1.29 is 28.5 Å². The molecule has 27 heavy (non-hydrogen) atoms. The van der Waals surface area contributed by atoms with Crippen molar-refractivity contribution in [2.75, 3.05) is 33.9 Å². The van der Waals surface area contributed by atoms with Crippen LogP contribution in [0.4, 0.5) is 0 Å². The Bertz CT molecular complexity index is 699. The lowest BCUT2D eigenvalue weighted by molar-refractivity contribution is -0.163. The summed E-state index contributed by atoms with van der Waals surface area (Å²) in [5.41, 5.74) is 0.716. The molecule has 148 valence electrons. The van der Waals surface area contributed by atoms with E-state index in [1.54, 1.807) is 30.2 Å². The number of amides is 2. The molecule has 2 aliphatic rings. The summed E-state index contributed by atoms with van der Waals surface area (Å²) >= 11 is 0. The van der Waals surface area contributed by atoms with Gasteiger partial charge in [0.05, 0.1) is 32.5 Å². The topological polar surface area (TPSA) is 86.3 Å². The normalized spacial score (nSPS) is 28.4. The SMILES string of the molecule is COc1ccc([C@H]2NC(=O)CO[C@@H]2C(=O)N2C[C@@H](C)O[C@@H](C)C2)cc1OC. The molecule has 4 atom stereocenters. The third-order valence-corrected chi connectivity index (χ3v) is 4.75. The van der Waals surface area contributed by atoms with Gasteiger partial charge in [-0.15, -0.1) is 0 Å². The van der Waals surface area contributed by atoms with E-state index >= 15 is 0 Å². The fraction of sp³-hybridized carbons (Fsp3) is 0.579. The van der Waals surface area contributed by atoms with Crippen LogP contribution in [-0.4, -0.2) is 68.9 Å². The summed E-state index contributed by atoms with van der Waals surface area (Å²) in [5.74, 6) is 0.678. The summed E-state index contributed by atoms with van der Waals surface area (Å²) < 4.78 is 22.0. The molecule has 2 amide bonds. The first-order valence-corrected chi connectivity index (χ1v) is 9.00. The van der Waals surface area contributed by atoms with Gasteiger partial charge in [-0.1, -0.05) is 6.07 Å². The molecule has 8 heteroatoms. The van der Waals surface area contributed by atoms with Crippen molar-refractivity contribution in [1.29, 1.82) is 0 Å². The zero-order valence-electron chi connectivity index (χ0n) is 16.1. The van der Waals surface area contributed by atoms with Gasteiger partial charge in [-0.3, -0.25) is 9.59 Å². The predicted molar refractivity (Wildman–Crippen MR) is 96.8 cm³/mol. The van der Waals surface area contributed by atoms with Gasteiger partial charge in [0, 0.05) is 13.1 Å². The number of methoxy groups -OCH3 is 2. The quantitative estimate of drug-likeness (QED) is 0.838. The Morgan fingerprint density at radius 2 is 1.81 bits per heavy atom. The molecule has 1 aromatic carbocycles. The lowest BCUT2D eigenvalue weighted by Gasteiger charge is -2.40. The molecular weight excluding hydrogens is 352 g/mol. The minimum absolute atomic E-state index is 0.0459. The van der Waals surface area contributed by atoms with Gasteiger partial charge >= 0.3 is 0 Å². The number of ether oxygens (including phenoxy) is 4. The molecule has 0 aromatic heterocycles. The minimum Gasteiger partial charge on any atom is -0.493 e. The highest BCUT2D eigenvalue weighted by Crippen LogP contribution is 2.33. The van der Waals surface area contributed by atoms with Gasteiger partial charge < -0.3 is 29.2 Å². The van der Waals surface area contributed by atoms with Gasteiger partial charge in [0.25, 0.3) is 5.91 Å². The van der Waals surface area contributed by atoms with Crippen molar-refractivity contribution in [3.05, 3.63) is 23.8 Å². The highest BCUT2D eigenvalue weighted by Gasteiger charge is 2.40. The van der Waals surface area contributed by atoms with Crippen molar-refractivity contribution in [2.24, 2.45) is 0 Å². The maximum Gasteiger partial charge on any atom is 0.254 e. The number of carbonyl (C=O) groups excluding carboxylic acids is 2. The Labute approximate surface area is 158 Å². The molecule has 0 unspecified atom stereocenters. The number of morpholine rings is 2. The summed E-state index contributed by atoms with van der Waals surface area (Å²) in [5, 5.41) is 2.87. The smallest absolute Gasteiger partial charge is 0.254 e. The van der Waals surface area contributed by atoms with Crippen molar-refractivity contribution >= 4 is 11.8 Å². The number of hydrogen-bond donors (Lipinski definition) is 1. The van der Waals surface area contributed by atoms with Crippen LogP contribution in [0.25, 0.3) is 0 Å². The predicted octanol–water partition coefficient (Wildman–Crippen LogP) is 0.896. The molecule has 0 aliphatic carbocycles. The highest BCUT2D eigenvalue weighted by atomic mass is 16.5. The molecule has 2 saturated heterocycles. The zero-order valence-corrected chi connectivity index (χ0v) is 16.1. The Hall–Kier alpha value is -2.32. The van der Waals surface area contributed by atoms with Gasteiger partial charge in [-0.05, 0) is 31.5 Å². The van der Waals surface area contributed by atoms with Crippen LogP contribution in [-0.2, 0) is 19.1 Å². The van der Waals surface area contributed by atoms with Gasteiger partial charge in [-0.25, -0.2) is 0 Å². The number of nitrogens with zero attached hydrogens (tertiary/aromatic N) is 1. The maximum absolute atomic E-state index is 13.2. The first-order valence-electron chi connectivity index (χ1n) is 9.00. The van der Waals surface area contributed by atoms with E-state index in [1.165, 1.54) is 7.11 Å². The number of hydrogen-bond acceptors (Lipinski definition) is 6. The van der Waals surface area contributed by atoms with E-state index in [2.05, 4.69) is 5.32 Å². The molecule has 3 rings (SSSR count). The fourth-order valence-electron chi connectivity index (χ4n) is 3.61. The second-order valence-electron chi connectivity index (χ2n) is 6.89. The Kier molecular flexibility index (Phi) is 5.86. The Balaban J connectivity index is 1.87. The molecule has 0 radical (unpaired) electrons. The van der Waals surface area contributed by atoms with E-state index in [0.717, 1.165) is 0 Å². The third-order valence-electron chi connectivity index (χ3n) is 4.75. The van der Waals surface area contributed by atoms with Crippen molar-refractivity contribution in [3.63, 3.8) is 0 Å². The number of rotatable bonds is 4. The molecule has 1 N–H and O–H groups in total. The maximum atomic E-state index is 13.2. The van der Waals surface area contributed by atoms with E-state index in [-0.39, 0.29) is 30.6 Å². The average Bonchev–Trinajstić information content (AvgIpc) is 2.66. The first-order chi connectivity index (χ1) is 12.9. The molecular formula is C19H26N2O6. The van der Waals surface area contributed by atoms with Gasteiger partial charge in [0.1, 0.15) is 6.61 Å². The van der Waals surface area contributed by atoms with E-state index in [4.69, 9.17) is 18.9 Å². The van der Waals surface area contributed by atoms with Crippen LogP contribution < -0.4 is 14.8 Å². The molecule has 0 saturated carbocycles. The summed E-state index contributed by atoms with van der Waals surface area (Å²) in [4.78, 5) is 26.8. The summed E-state index contributed by atoms with van der Waals surface area (Å²) in [6, 6.07) is 4.69. The van der Waals surface area contributed by atoms with Gasteiger partial charge in [-0.2, -0.15) is 0 Å². The second-order valence-corrected chi connectivity index (χ2v) is 6.89. The molecule has 8 nitrogen and oxygen atoms in total. The minimum atomic E-state index is -0.807. The molecule has 0 bridgehead atoms. The lowest BCUT2D eigenvalue weighted by Crippen LogP contribution is -2.57. The lowest BCUT2D eigenvalue weighted by atomic mass is 9.97. The van der Waals surface area contributed by atoms with E-state index in [0.29, 0.717) is 30.2 Å². The molecule has 1 aromatic rings. The Morgan fingerprint density at radius 3 is 2.44 bits per heavy atom. The number of carbonyl (C=O) groups is 2. The third kappa shape index (κ3) is 4.17. The average molecular weight is 378 g/mol. The van der Waals surface area contributed by atoms with E-state index < -0.39 is 12.1 Å². The first kappa shape index (κ1) is 19.4. The molecule has 2 fully saturated rings. The van der Waals surface area contributed by atoms with E-state index in [9.17, 15) is 9.59 Å². The molecule has 2 heterocycles. The van der Waals surface area contributed by atoms with Crippen molar-refractivity contribution in [1.82, 2.24) is 10.2 Å². The highest BCUT2D eigenvalue weighted by molar-refractivity contribution is 5.86. The standard InChI is InChI=1S/C19H26N2O6/c1-11-8-21(9-12(2)27-11)19(23)18-17(20-16(22)10-26-18)13-5-6-14(24-3)15(7-13)25-4/h5-7,11-12,17-18H,8-10H2,1-4H3,(H,20,22)/t11-,12+,17-,18+/m1/s1. The number of benzene rings is 1. The van der Waals surface area contributed by atoms with Crippen LogP contribution in [0.3, 0.4) is 0 Å². The second kappa shape index (κ2) is 8.14. The van der Waals surface area contributed by atoms with Crippen LogP contribution in [0.2, 0.25) is 0 Å². The largest absolute Gasteiger partial charge is 0.493 e. The van der Waals surface area contributed by atoms with E-state index in [1.807, 2.05) is 13.8 Å². The van der Waals surface area contributed by atoms with Gasteiger partial charge in [0.15, 0.2) is 17.6 Å². The molecule has 2 aliphatic heterocycles. The van der Waals surface area contributed by atoms with Crippen molar-refractivity contribution in [3.8, 4) is 11.5 Å². The van der Waals surface area contributed by atoms with Gasteiger partial charge in [0.2, 0.25) is 5.91 Å². The molecule has 0 spiro atoms. The van der Waals surface area contributed by atoms with Crippen LogP contribution >= 0.6 is 0 Å². The summed E-state index contributed by atoms with van der Waals surface area (Å²) in [6.45, 7) is 4.72. The van der Waals surface area contributed by atoms with Crippen LogP contribution in [0, 0.1) is 0 Å². The number of nitrogens with one attached hydrogen (secondary N) is 1. The fourth-order valence-corrected chi connectivity index (χ4v) is 3.61. The Morgan fingerprint density at radius 1 is 1.15 bits per heavy atom. The van der Waals surface area contributed by atoms with Crippen molar-refractivity contribution in [2.45, 2.75) is 38.2 Å². The summed E-state index contributed by atoms with van der Waals surface area (Å²) in [6.07, 6.45) is -0.899. The van der Waals surface area contributed by atoms with Crippen LogP contribution in [0.15, 0.2) is 18.2 Å². The van der Waals surface area contributed by atoms with Crippen LogP contribution in [0.5, 0.6) is 11.5 Å². The zero-order chi connectivity index (χ0) is 19.6. The van der Waals surface area contributed by atoms with Crippen LogP contribution in [0.1, 0.15) is 25.5 Å².